The lowest BCUT2D eigenvalue weighted by Crippen LogP contribution is -2.04. The van der Waals surface area contributed by atoms with Crippen LogP contribution < -0.4 is 4.74 Å². The molecule has 0 bridgehead atoms. The summed E-state index contributed by atoms with van der Waals surface area (Å²) in [6.07, 6.45) is -4.39. The monoisotopic (exact) mass is 297 g/mol. The van der Waals surface area contributed by atoms with Gasteiger partial charge in [0, 0.05) is 5.02 Å². The van der Waals surface area contributed by atoms with Gasteiger partial charge >= 0.3 is 6.18 Å². The van der Waals surface area contributed by atoms with E-state index in [4.69, 9.17) is 21.6 Å². The van der Waals surface area contributed by atoms with Gasteiger partial charge < -0.3 is 4.74 Å². The van der Waals surface area contributed by atoms with Crippen molar-refractivity contribution in [2.45, 2.75) is 6.18 Å². The van der Waals surface area contributed by atoms with Gasteiger partial charge in [0.1, 0.15) is 17.6 Å². The topological polar surface area (TPSA) is 33.0 Å². The zero-order chi connectivity index (χ0) is 14.8. The van der Waals surface area contributed by atoms with Crippen molar-refractivity contribution in [1.29, 1.82) is 5.26 Å². The zero-order valence-corrected chi connectivity index (χ0v) is 10.7. The van der Waals surface area contributed by atoms with E-state index in [-0.39, 0.29) is 17.1 Å². The maximum absolute atomic E-state index is 12.4. The van der Waals surface area contributed by atoms with E-state index in [1.54, 1.807) is 0 Å². The highest BCUT2D eigenvalue weighted by Gasteiger charge is 2.30. The first-order chi connectivity index (χ1) is 9.40. The van der Waals surface area contributed by atoms with Crippen molar-refractivity contribution in [3.8, 4) is 17.6 Å². The number of nitriles is 1. The van der Waals surface area contributed by atoms with Crippen LogP contribution in [0.25, 0.3) is 0 Å². The van der Waals surface area contributed by atoms with Crippen molar-refractivity contribution in [1.82, 2.24) is 0 Å². The average molecular weight is 298 g/mol. The maximum atomic E-state index is 12.4. The summed E-state index contributed by atoms with van der Waals surface area (Å²) in [7, 11) is 0. The van der Waals surface area contributed by atoms with Crippen LogP contribution >= 0.6 is 11.6 Å². The summed E-state index contributed by atoms with van der Waals surface area (Å²) >= 11 is 5.74. The average Bonchev–Trinajstić information content (AvgIpc) is 2.40. The van der Waals surface area contributed by atoms with E-state index in [1.807, 2.05) is 6.07 Å². The lowest BCUT2D eigenvalue weighted by Gasteiger charge is -2.10. The fraction of sp³-hybridized carbons (Fsp3) is 0.0714. The lowest BCUT2D eigenvalue weighted by atomic mass is 10.2. The van der Waals surface area contributed by atoms with E-state index < -0.39 is 11.7 Å². The van der Waals surface area contributed by atoms with E-state index in [9.17, 15) is 13.2 Å². The molecule has 0 aromatic heterocycles. The van der Waals surface area contributed by atoms with Gasteiger partial charge in [0.05, 0.1) is 11.1 Å². The number of ether oxygens (including phenoxy) is 1. The summed E-state index contributed by atoms with van der Waals surface area (Å²) in [6, 6.07) is 10.5. The lowest BCUT2D eigenvalue weighted by molar-refractivity contribution is -0.137. The van der Waals surface area contributed by atoms with Crippen molar-refractivity contribution in [2.24, 2.45) is 0 Å². The molecule has 0 aliphatic carbocycles. The minimum Gasteiger partial charge on any atom is -0.456 e. The van der Waals surface area contributed by atoms with Gasteiger partial charge in [-0.1, -0.05) is 11.6 Å². The summed E-state index contributed by atoms with van der Waals surface area (Å²) in [6.45, 7) is 0. The Balaban J connectivity index is 2.25. The molecule has 0 saturated carbocycles. The third-order valence-corrected chi connectivity index (χ3v) is 2.71. The van der Waals surface area contributed by atoms with E-state index in [0.717, 1.165) is 12.1 Å². The number of nitrogens with zero attached hydrogens (tertiary/aromatic N) is 1. The molecule has 0 radical (unpaired) electrons. The van der Waals surface area contributed by atoms with Gasteiger partial charge in [-0.25, -0.2) is 0 Å². The van der Waals surface area contributed by atoms with Crippen LogP contribution in [0.3, 0.4) is 0 Å². The van der Waals surface area contributed by atoms with Crippen molar-refractivity contribution >= 4 is 11.6 Å². The van der Waals surface area contributed by atoms with Gasteiger partial charge in [-0.05, 0) is 42.5 Å². The highest BCUT2D eigenvalue weighted by molar-refractivity contribution is 6.30. The Morgan fingerprint density at radius 3 is 2.25 bits per heavy atom. The Morgan fingerprint density at radius 2 is 1.70 bits per heavy atom. The Bertz CT molecular complexity index is 660. The number of hydrogen-bond donors (Lipinski definition) is 0. The van der Waals surface area contributed by atoms with Crippen LogP contribution in [0, 0.1) is 11.3 Å². The summed E-state index contributed by atoms with van der Waals surface area (Å²) < 4.78 is 42.6. The Kier molecular flexibility index (Phi) is 3.86. The van der Waals surface area contributed by atoms with Crippen molar-refractivity contribution < 1.29 is 17.9 Å². The van der Waals surface area contributed by atoms with E-state index >= 15 is 0 Å². The highest BCUT2D eigenvalue weighted by Crippen LogP contribution is 2.32. The SMILES string of the molecule is N#Cc1cc(Cl)ccc1Oc1ccc(C(F)(F)F)cc1. The number of alkyl halides is 3. The predicted molar refractivity (Wildman–Crippen MR) is 67.7 cm³/mol. The third kappa shape index (κ3) is 3.22. The van der Waals surface area contributed by atoms with Gasteiger partial charge in [-0.3, -0.25) is 0 Å². The molecule has 2 aromatic carbocycles. The van der Waals surface area contributed by atoms with E-state index in [2.05, 4.69) is 0 Å². The molecule has 0 amide bonds. The Labute approximate surface area is 118 Å². The fourth-order valence-electron chi connectivity index (χ4n) is 1.52. The highest BCUT2D eigenvalue weighted by atomic mass is 35.5. The summed E-state index contributed by atoms with van der Waals surface area (Å²) in [4.78, 5) is 0. The molecule has 6 heteroatoms. The molecule has 0 fully saturated rings. The van der Waals surface area contributed by atoms with Gasteiger partial charge in [0.2, 0.25) is 0 Å². The van der Waals surface area contributed by atoms with Crippen LogP contribution in [-0.2, 0) is 6.18 Å². The van der Waals surface area contributed by atoms with Crippen LogP contribution in [0.1, 0.15) is 11.1 Å². The van der Waals surface area contributed by atoms with Crippen LogP contribution in [-0.4, -0.2) is 0 Å². The zero-order valence-electron chi connectivity index (χ0n) is 9.91. The standard InChI is InChI=1S/C14H7ClF3NO/c15-11-3-6-13(9(7-11)8-19)20-12-4-1-10(2-5-12)14(16,17)18/h1-7H. The molecule has 2 aromatic rings. The molecule has 0 unspecified atom stereocenters. The van der Waals surface area contributed by atoms with Crippen LogP contribution in [0.4, 0.5) is 13.2 Å². The molecule has 0 saturated heterocycles. The second-order valence-corrected chi connectivity index (χ2v) is 4.31. The first-order valence-corrected chi connectivity index (χ1v) is 5.83. The van der Waals surface area contributed by atoms with Crippen LogP contribution in [0.15, 0.2) is 42.5 Å². The first kappa shape index (κ1) is 14.2. The quantitative estimate of drug-likeness (QED) is 0.779. The maximum Gasteiger partial charge on any atom is 0.416 e. The molecule has 0 aliphatic heterocycles. The predicted octanol–water partition coefficient (Wildman–Crippen LogP) is 5.02. The smallest absolute Gasteiger partial charge is 0.416 e. The first-order valence-electron chi connectivity index (χ1n) is 5.45. The number of rotatable bonds is 2. The Hall–Kier alpha value is -2.19. The van der Waals surface area contributed by atoms with Crippen LogP contribution in [0.5, 0.6) is 11.5 Å². The third-order valence-electron chi connectivity index (χ3n) is 2.47. The number of hydrogen-bond acceptors (Lipinski definition) is 2. The van der Waals surface area contributed by atoms with Crippen molar-refractivity contribution in [3.05, 3.63) is 58.6 Å². The molecule has 0 N–H and O–H groups in total. The van der Waals surface area contributed by atoms with Crippen molar-refractivity contribution in [3.63, 3.8) is 0 Å². The fourth-order valence-corrected chi connectivity index (χ4v) is 1.69. The summed E-state index contributed by atoms with van der Waals surface area (Å²) in [5.74, 6) is 0.438. The molecule has 0 atom stereocenters. The van der Waals surface area contributed by atoms with E-state index in [0.29, 0.717) is 5.02 Å². The molecule has 2 rings (SSSR count). The molecule has 2 nitrogen and oxygen atoms in total. The number of benzene rings is 2. The van der Waals surface area contributed by atoms with Crippen molar-refractivity contribution in [2.75, 3.05) is 0 Å². The molecule has 0 heterocycles. The van der Waals surface area contributed by atoms with E-state index in [1.165, 1.54) is 30.3 Å². The minimum absolute atomic E-state index is 0.205. The van der Waals surface area contributed by atoms with Gasteiger partial charge in [0.15, 0.2) is 0 Å². The second-order valence-electron chi connectivity index (χ2n) is 3.88. The molecular formula is C14H7ClF3NO. The largest absolute Gasteiger partial charge is 0.456 e. The molecule has 0 aliphatic rings. The van der Waals surface area contributed by atoms with Gasteiger partial charge in [-0.2, -0.15) is 18.4 Å². The Morgan fingerprint density at radius 1 is 1.05 bits per heavy atom. The van der Waals surface area contributed by atoms with Gasteiger partial charge in [-0.15, -0.1) is 0 Å². The summed E-state index contributed by atoms with van der Waals surface area (Å²) in [5.41, 5.74) is -0.557. The molecule has 0 spiro atoms. The molecule has 102 valence electrons. The minimum atomic E-state index is -4.39. The molecule has 20 heavy (non-hydrogen) atoms. The normalized spacial score (nSPS) is 10.9. The van der Waals surface area contributed by atoms with Gasteiger partial charge in [0.25, 0.3) is 0 Å². The second kappa shape index (κ2) is 5.43. The molecular weight excluding hydrogens is 291 g/mol. The van der Waals surface area contributed by atoms with Crippen LogP contribution in [0.2, 0.25) is 5.02 Å². The summed E-state index contributed by atoms with van der Waals surface area (Å²) in [5, 5.41) is 9.31. The number of halogens is 4.